The molecule has 0 spiro atoms. The molecule has 2 N–H and O–H groups in total. The molecule has 0 amide bonds. The summed E-state index contributed by atoms with van der Waals surface area (Å²) in [5, 5.41) is 6.97. The Morgan fingerprint density at radius 2 is 1.74 bits per heavy atom. The monoisotopic (exact) mass is 471 g/mol. The van der Waals surface area contributed by atoms with Crippen molar-refractivity contribution in [2.75, 3.05) is 18.5 Å². The van der Waals surface area contributed by atoms with E-state index in [-0.39, 0.29) is 12.0 Å². The molecule has 35 heavy (non-hydrogen) atoms. The summed E-state index contributed by atoms with van der Waals surface area (Å²) >= 11 is 0. The average molecular weight is 472 g/mol. The van der Waals surface area contributed by atoms with Gasteiger partial charge in [0.25, 0.3) is 0 Å². The van der Waals surface area contributed by atoms with Gasteiger partial charge in [-0.05, 0) is 60.4 Å². The van der Waals surface area contributed by atoms with Crippen molar-refractivity contribution in [3.05, 3.63) is 83.9 Å². The Bertz CT molecular complexity index is 1200. The van der Waals surface area contributed by atoms with Crippen LogP contribution in [0.1, 0.15) is 44.4 Å². The standard InChI is InChI=1S/C29H33N3O3/c1-4-34-27(33)17-18-30-19-21-9-15-24(16-10-21)31-28(20(2)3)22-11-13-23(14-12-22)29-32-25-7-5-6-8-26(25)35-29/h5-16,20,28,30-31H,4,17-19H2,1-3H3. The lowest BCUT2D eigenvalue weighted by Crippen LogP contribution is -2.19. The minimum absolute atomic E-state index is 0.166. The lowest BCUT2D eigenvalue weighted by molar-refractivity contribution is -0.142. The van der Waals surface area contributed by atoms with Crippen LogP contribution in [0.5, 0.6) is 0 Å². The molecule has 0 saturated carbocycles. The molecular weight excluding hydrogens is 438 g/mol. The largest absolute Gasteiger partial charge is 0.466 e. The molecule has 0 fully saturated rings. The Balaban J connectivity index is 1.37. The van der Waals surface area contributed by atoms with Gasteiger partial charge in [-0.15, -0.1) is 0 Å². The zero-order valence-corrected chi connectivity index (χ0v) is 20.6. The maximum Gasteiger partial charge on any atom is 0.307 e. The molecule has 1 heterocycles. The summed E-state index contributed by atoms with van der Waals surface area (Å²) in [7, 11) is 0. The van der Waals surface area contributed by atoms with Crippen LogP contribution in [-0.2, 0) is 16.1 Å². The molecule has 0 aliphatic rings. The molecule has 1 aromatic heterocycles. The van der Waals surface area contributed by atoms with E-state index < -0.39 is 0 Å². The maximum absolute atomic E-state index is 11.4. The molecular formula is C29H33N3O3. The van der Waals surface area contributed by atoms with Crippen molar-refractivity contribution >= 4 is 22.8 Å². The average Bonchev–Trinajstić information content (AvgIpc) is 3.30. The van der Waals surface area contributed by atoms with E-state index in [0.717, 1.165) is 22.4 Å². The summed E-state index contributed by atoms with van der Waals surface area (Å²) in [6.45, 7) is 7.99. The van der Waals surface area contributed by atoms with Gasteiger partial charge in [0, 0.05) is 24.3 Å². The van der Waals surface area contributed by atoms with E-state index in [1.807, 2.05) is 31.2 Å². The molecule has 3 aromatic carbocycles. The molecule has 4 rings (SSSR count). The van der Waals surface area contributed by atoms with Gasteiger partial charge >= 0.3 is 5.97 Å². The molecule has 1 atom stereocenters. The Labute approximate surface area is 206 Å². The number of benzene rings is 3. The van der Waals surface area contributed by atoms with Gasteiger partial charge in [0.05, 0.1) is 19.1 Å². The van der Waals surface area contributed by atoms with E-state index in [1.165, 1.54) is 11.1 Å². The van der Waals surface area contributed by atoms with Crippen LogP contribution in [0.2, 0.25) is 0 Å². The minimum Gasteiger partial charge on any atom is -0.466 e. The highest BCUT2D eigenvalue weighted by molar-refractivity contribution is 5.76. The molecule has 0 aliphatic heterocycles. The van der Waals surface area contributed by atoms with Crippen LogP contribution in [0.3, 0.4) is 0 Å². The predicted molar refractivity (Wildman–Crippen MR) is 140 cm³/mol. The van der Waals surface area contributed by atoms with Gasteiger partial charge in [0.1, 0.15) is 5.52 Å². The van der Waals surface area contributed by atoms with E-state index >= 15 is 0 Å². The molecule has 182 valence electrons. The van der Waals surface area contributed by atoms with Gasteiger partial charge in [-0.25, -0.2) is 4.98 Å². The Morgan fingerprint density at radius 1 is 1.00 bits per heavy atom. The van der Waals surface area contributed by atoms with Crippen molar-refractivity contribution < 1.29 is 13.9 Å². The van der Waals surface area contributed by atoms with Crippen LogP contribution in [0, 0.1) is 5.92 Å². The number of carbonyl (C=O) groups is 1. The third-order valence-electron chi connectivity index (χ3n) is 5.89. The van der Waals surface area contributed by atoms with E-state index in [9.17, 15) is 4.79 Å². The van der Waals surface area contributed by atoms with Gasteiger partial charge in [-0.1, -0.05) is 50.2 Å². The number of esters is 1. The molecule has 6 heteroatoms. The second-order valence-corrected chi connectivity index (χ2v) is 8.90. The Hall–Kier alpha value is -3.64. The van der Waals surface area contributed by atoms with Crippen molar-refractivity contribution in [1.82, 2.24) is 10.3 Å². The van der Waals surface area contributed by atoms with E-state index in [2.05, 4.69) is 78.0 Å². The predicted octanol–water partition coefficient (Wildman–Crippen LogP) is 6.35. The number of oxazole rings is 1. The summed E-state index contributed by atoms with van der Waals surface area (Å²) in [6, 6.07) is 24.8. The van der Waals surface area contributed by atoms with Crippen LogP contribution in [0.25, 0.3) is 22.6 Å². The smallest absolute Gasteiger partial charge is 0.307 e. The Kier molecular flexibility index (Phi) is 8.16. The second kappa shape index (κ2) is 11.7. The number of nitrogens with one attached hydrogen (secondary N) is 2. The number of carbonyl (C=O) groups excluding carboxylic acids is 1. The van der Waals surface area contributed by atoms with Crippen molar-refractivity contribution in [2.45, 2.75) is 39.8 Å². The van der Waals surface area contributed by atoms with Gasteiger partial charge < -0.3 is 19.8 Å². The normalized spacial score (nSPS) is 12.1. The Morgan fingerprint density at radius 3 is 2.43 bits per heavy atom. The summed E-state index contributed by atoms with van der Waals surface area (Å²) in [5.74, 6) is 0.869. The SMILES string of the molecule is CCOC(=O)CCNCc1ccc(NC(c2ccc(-c3nc4ccccc4o3)cc2)C(C)C)cc1. The number of rotatable bonds is 11. The highest BCUT2D eigenvalue weighted by Crippen LogP contribution is 2.30. The second-order valence-electron chi connectivity index (χ2n) is 8.90. The minimum atomic E-state index is -0.166. The first kappa shape index (κ1) is 24.5. The highest BCUT2D eigenvalue weighted by atomic mass is 16.5. The fourth-order valence-corrected chi connectivity index (χ4v) is 4.02. The summed E-state index contributed by atoms with van der Waals surface area (Å²) in [4.78, 5) is 16.0. The number of hydrogen-bond donors (Lipinski definition) is 2. The molecule has 0 aliphatic carbocycles. The van der Waals surface area contributed by atoms with Crippen LogP contribution in [0.4, 0.5) is 5.69 Å². The molecule has 4 aromatic rings. The molecule has 0 radical (unpaired) electrons. The number of hydrogen-bond acceptors (Lipinski definition) is 6. The summed E-state index contributed by atoms with van der Waals surface area (Å²) in [6.07, 6.45) is 0.384. The third kappa shape index (κ3) is 6.49. The van der Waals surface area contributed by atoms with Gasteiger partial charge in [-0.2, -0.15) is 0 Å². The van der Waals surface area contributed by atoms with Gasteiger partial charge in [0.2, 0.25) is 5.89 Å². The lowest BCUT2D eigenvalue weighted by atomic mass is 9.94. The molecule has 6 nitrogen and oxygen atoms in total. The number of aromatic nitrogens is 1. The first-order valence-corrected chi connectivity index (χ1v) is 12.2. The van der Waals surface area contributed by atoms with Gasteiger partial charge in [0.15, 0.2) is 5.58 Å². The van der Waals surface area contributed by atoms with Crippen molar-refractivity contribution in [3.8, 4) is 11.5 Å². The first-order chi connectivity index (χ1) is 17.0. The zero-order valence-electron chi connectivity index (χ0n) is 20.6. The summed E-state index contributed by atoms with van der Waals surface area (Å²) < 4.78 is 10.9. The third-order valence-corrected chi connectivity index (χ3v) is 5.89. The molecule has 0 saturated heterocycles. The van der Waals surface area contributed by atoms with E-state index in [1.54, 1.807) is 0 Å². The van der Waals surface area contributed by atoms with Crippen LogP contribution in [0.15, 0.2) is 77.2 Å². The first-order valence-electron chi connectivity index (χ1n) is 12.2. The van der Waals surface area contributed by atoms with Crippen LogP contribution < -0.4 is 10.6 Å². The van der Waals surface area contributed by atoms with Crippen molar-refractivity contribution in [3.63, 3.8) is 0 Å². The fraction of sp³-hybridized carbons (Fsp3) is 0.310. The fourth-order valence-electron chi connectivity index (χ4n) is 4.02. The van der Waals surface area contributed by atoms with E-state index in [0.29, 0.717) is 37.9 Å². The van der Waals surface area contributed by atoms with Crippen molar-refractivity contribution in [1.29, 1.82) is 0 Å². The highest BCUT2D eigenvalue weighted by Gasteiger charge is 2.17. The number of anilines is 1. The summed E-state index contributed by atoms with van der Waals surface area (Å²) in [5.41, 5.74) is 6.08. The topological polar surface area (TPSA) is 76.4 Å². The van der Waals surface area contributed by atoms with Crippen LogP contribution in [-0.4, -0.2) is 24.1 Å². The number of fused-ring (bicyclic) bond motifs is 1. The number of para-hydroxylation sites is 2. The van der Waals surface area contributed by atoms with Gasteiger partial charge in [-0.3, -0.25) is 4.79 Å². The van der Waals surface area contributed by atoms with Crippen LogP contribution >= 0.6 is 0 Å². The maximum atomic E-state index is 11.4. The number of ether oxygens (including phenoxy) is 1. The quantitative estimate of drug-likeness (QED) is 0.196. The molecule has 1 unspecified atom stereocenters. The number of nitrogens with zero attached hydrogens (tertiary/aromatic N) is 1. The molecule has 0 bridgehead atoms. The van der Waals surface area contributed by atoms with Crippen molar-refractivity contribution in [2.24, 2.45) is 5.92 Å². The zero-order chi connectivity index (χ0) is 24.6. The lowest BCUT2D eigenvalue weighted by Gasteiger charge is -2.24. The van der Waals surface area contributed by atoms with E-state index in [4.69, 9.17) is 9.15 Å².